The highest BCUT2D eigenvalue weighted by molar-refractivity contribution is 5.79. The van der Waals surface area contributed by atoms with Crippen LogP contribution in [0.2, 0.25) is 0 Å². The molecular formula is C11H10N2O. The van der Waals surface area contributed by atoms with Gasteiger partial charge in [0.25, 0.3) is 0 Å². The molecule has 0 fully saturated rings. The Labute approximate surface area is 81.0 Å². The molecule has 0 aliphatic heterocycles. The molecule has 3 aromatic heterocycles. The van der Waals surface area contributed by atoms with E-state index < -0.39 is 0 Å². The summed E-state index contributed by atoms with van der Waals surface area (Å²) >= 11 is 0. The molecule has 0 unspecified atom stereocenters. The van der Waals surface area contributed by atoms with Crippen LogP contribution in [0, 0.1) is 13.8 Å². The van der Waals surface area contributed by atoms with Crippen LogP contribution in [0.5, 0.6) is 0 Å². The van der Waals surface area contributed by atoms with Crippen molar-refractivity contribution in [2.24, 2.45) is 0 Å². The number of hydrogen-bond acceptors (Lipinski definition) is 2. The van der Waals surface area contributed by atoms with Crippen LogP contribution in [0.15, 0.2) is 28.8 Å². The van der Waals surface area contributed by atoms with Crippen LogP contribution in [-0.4, -0.2) is 9.38 Å². The normalized spacial score (nSPS) is 11.6. The molecule has 0 bridgehead atoms. The molecule has 70 valence electrons. The molecule has 14 heavy (non-hydrogen) atoms. The average Bonchev–Trinajstić information content (AvgIpc) is 2.65. The van der Waals surface area contributed by atoms with E-state index in [4.69, 9.17) is 4.42 Å². The van der Waals surface area contributed by atoms with E-state index in [1.807, 2.05) is 31.3 Å². The Morgan fingerprint density at radius 1 is 1.29 bits per heavy atom. The van der Waals surface area contributed by atoms with Gasteiger partial charge in [0.15, 0.2) is 0 Å². The smallest absolute Gasteiger partial charge is 0.245 e. The van der Waals surface area contributed by atoms with Gasteiger partial charge in [0.1, 0.15) is 16.9 Å². The average molecular weight is 186 g/mol. The van der Waals surface area contributed by atoms with E-state index in [9.17, 15) is 0 Å². The summed E-state index contributed by atoms with van der Waals surface area (Å²) in [6, 6.07) is 5.95. The maximum Gasteiger partial charge on any atom is 0.245 e. The molecule has 0 N–H and O–H groups in total. The fourth-order valence-electron chi connectivity index (χ4n) is 1.77. The van der Waals surface area contributed by atoms with Crippen molar-refractivity contribution in [2.75, 3.05) is 0 Å². The second kappa shape index (κ2) is 2.38. The van der Waals surface area contributed by atoms with Crippen LogP contribution < -0.4 is 0 Å². The highest BCUT2D eigenvalue weighted by atomic mass is 16.3. The Morgan fingerprint density at radius 3 is 3.00 bits per heavy atom. The Balaban J connectivity index is 2.62. The topological polar surface area (TPSA) is 30.4 Å². The van der Waals surface area contributed by atoms with Crippen molar-refractivity contribution >= 4 is 16.9 Å². The summed E-state index contributed by atoms with van der Waals surface area (Å²) < 4.78 is 7.61. The van der Waals surface area contributed by atoms with E-state index in [-0.39, 0.29) is 0 Å². The van der Waals surface area contributed by atoms with E-state index in [2.05, 4.69) is 16.3 Å². The minimum Gasteiger partial charge on any atom is -0.441 e. The van der Waals surface area contributed by atoms with Crippen LogP contribution in [0.4, 0.5) is 0 Å². The number of hydrogen-bond donors (Lipinski definition) is 0. The summed E-state index contributed by atoms with van der Waals surface area (Å²) in [7, 11) is 0. The van der Waals surface area contributed by atoms with Crippen LogP contribution in [0.25, 0.3) is 16.9 Å². The third kappa shape index (κ3) is 0.789. The molecule has 3 aromatic rings. The number of pyridine rings is 1. The lowest BCUT2D eigenvalue weighted by atomic mass is 10.3. The summed E-state index contributed by atoms with van der Waals surface area (Å²) in [4.78, 5) is 4.39. The zero-order valence-corrected chi connectivity index (χ0v) is 8.11. The van der Waals surface area contributed by atoms with E-state index in [0.717, 1.165) is 22.6 Å². The second-order valence-electron chi connectivity index (χ2n) is 3.48. The number of imidazole rings is 1. The minimum atomic E-state index is 0.728. The number of rotatable bonds is 0. The van der Waals surface area contributed by atoms with Crippen molar-refractivity contribution in [3.05, 3.63) is 35.7 Å². The van der Waals surface area contributed by atoms with Crippen LogP contribution >= 0.6 is 0 Å². The fourth-order valence-corrected chi connectivity index (χ4v) is 1.77. The van der Waals surface area contributed by atoms with Gasteiger partial charge in [-0.1, -0.05) is 6.07 Å². The van der Waals surface area contributed by atoms with Crippen molar-refractivity contribution < 1.29 is 4.42 Å². The van der Waals surface area contributed by atoms with Crippen molar-refractivity contribution in [3.8, 4) is 0 Å². The molecule has 0 atom stereocenters. The summed E-state index contributed by atoms with van der Waals surface area (Å²) in [6.07, 6.45) is 2.01. The SMILES string of the molecule is Cc1oc2nc3ccccn3c2c1C. The molecule has 0 saturated heterocycles. The van der Waals surface area contributed by atoms with Crippen LogP contribution in [-0.2, 0) is 0 Å². The second-order valence-corrected chi connectivity index (χ2v) is 3.48. The van der Waals surface area contributed by atoms with Gasteiger partial charge in [0.05, 0.1) is 0 Å². The maximum absolute atomic E-state index is 5.55. The largest absolute Gasteiger partial charge is 0.441 e. The fraction of sp³-hybridized carbons (Fsp3) is 0.182. The third-order valence-corrected chi connectivity index (χ3v) is 2.63. The lowest BCUT2D eigenvalue weighted by molar-refractivity contribution is 0.566. The molecule has 3 rings (SSSR count). The zero-order valence-electron chi connectivity index (χ0n) is 8.11. The van der Waals surface area contributed by atoms with Crippen molar-refractivity contribution in [2.45, 2.75) is 13.8 Å². The molecule has 0 amide bonds. The first kappa shape index (κ1) is 7.62. The van der Waals surface area contributed by atoms with E-state index in [1.54, 1.807) is 0 Å². The monoisotopic (exact) mass is 186 g/mol. The summed E-state index contributed by atoms with van der Waals surface area (Å²) in [5.74, 6) is 0.945. The number of aromatic nitrogens is 2. The molecule has 3 heteroatoms. The quantitative estimate of drug-likeness (QED) is 0.540. The van der Waals surface area contributed by atoms with Gasteiger partial charge in [-0.3, -0.25) is 4.40 Å². The van der Waals surface area contributed by atoms with E-state index in [0.29, 0.717) is 0 Å². The summed E-state index contributed by atoms with van der Waals surface area (Å²) in [5, 5.41) is 0. The van der Waals surface area contributed by atoms with Crippen LogP contribution in [0.3, 0.4) is 0 Å². The van der Waals surface area contributed by atoms with Crippen LogP contribution in [0.1, 0.15) is 11.3 Å². The van der Waals surface area contributed by atoms with E-state index >= 15 is 0 Å². The summed E-state index contributed by atoms with van der Waals surface area (Å²) in [6.45, 7) is 4.02. The number of nitrogens with zero attached hydrogens (tertiary/aromatic N) is 2. The maximum atomic E-state index is 5.55. The van der Waals surface area contributed by atoms with Gasteiger partial charge in [0, 0.05) is 11.8 Å². The van der Waals surface area contributed by atoms with Gasteiger partial charge in [0.2, 0.25) is 5.71 Å². The van der Waals surface area contributed by atoms with Crippen molar-refractivity contribution in [3.63, 3.8) is 0 Å². The first-order valence-electron chi connectivity index (χ1n) is 4.60. The Bertz CT molecular complexity index is 619. The predicted molar refractivity (Wildman–Crippen MR) is 54.4 cm³/mol. The predicted octanol–water partition coefficient (Wildman–Crippen LogP) is 2.70. The van der Waals surface area contributed by atoms with E-state index in [1.165, 1.54) is 5.56 Å². The molecule has 3 heterocycles. The Morgan fingerprint density at radius 2 is 2.14 bits per heavy atom. The first-order chi connectivity index (χ1) is 6.77. The van der Waals surface area contributed by atoms with Gasteiger partial charge in [-0.05, 0) is 26.0 Å². The van der Waals surface area contributed by atoms with Gasteiger partial charge in [-0.25, -0.2) is 0 Å². The highest BCUT2D eigenvalue weighted by Gasteiger charge is 2.12. The van der Waals surface area contributed by atoms with Gasteiger partial charge in [-0.15, -0.1) is 0 Å². The summed E-state index contributed by atoms with van der Waals surface area (Å²) in [5.41, 5.74) is 3.91. The standard InChI is InChI=1S/C11H10N2O/c1-7-8(2)14-11-10(7)13-6-4-3-5-9(13)12-11/h3-6H,1-2H3. The van der Waals surface area contributed by atoms with Crippen molar-refractivity contribution in [1.82, 2.24) is 9.38 Å². The third-order valence-electron chi connectivity index (χ3n) is 2.63. The number of fused-ring (bicyclic) bond motifs is 3. The molecule has 0 aliphatic rings. The number of aryl methyl sites for hydroxylation is 2. The minimum absolute atomic E-state index is 0.728. The van der Waals surface area contributed by atoms with Gasteiger partial charge >= 0.3 is 0 Å². The lowest BCUT2D eigenvalue weighted by Gasteiger charge is -1.93. The number of furan rings is 1. The van der Waals surface area contributed by atoms with Crippen molar-refractivity contribution in [1.29, 1.82) is 0 Å². The molecule has 3 nitrogen and oxygen atoms in total. The zero-order chi connectivity index (χ0) is 9.71. The van der Waals surface area contributed by atoms with Gasteiger partial charge in [-0.2, -0.15) is 4.98 Å². The van der Waals surface area contributed by atoms with Gasteiger partial charge < -0.3 is 4.42 Å². The molecule has 0 aromatic carbocycles. The molecule has 0 aliphatic carbocycles. The Kier molecular flexibility index (Phi) is 1.29. The molecule has 0 spiro atoms. The molecule has 0 radical (unpaired) electrons. The molecular weight excluding hydrogens is 176 g/mol. The lowest BCUT2D eigenvalue weighted by Crippen LogP contribution is -1.83. The highest BCUT2D eigenvalue weighted by Crippen LogP contribution is 2.24. The Hall–Kier alpha value is -1.77. The molecule has 0 saturated carbocycles. The first-order valence-corrected chi connectivity index (χ1v) is 4.60.